The number of rotatable bonds is 2. The summed E-state index contributed by atoms with van der Waals surface area (Å²) in [4.78, 5) is 22.6. The van der Waals surface area contributed by atoms with Crippen molar-refractivity contribution in [1.82, 2.24) is 19.5 Å². The number of carbonyl (C=O) groups excluding carboxylic acids is 1. The van der Waals surface area contributed by atoms with Crippen molar-refractivity contribution in [2.75, 3.05) is 0 Å². The van der Waals surface area contributed by atoms with E-state index in [4.69, 9.17) is 11.6 Å². The minimum absolute atomic E-state index is 0.269. The first-order chi connectivity index (χ1) is 6.77. The molecule has 6 heteroatoms. The van der Waals surface area contributed by atoms with Crippen molar-refractivity contribution in [2.24, 2.45) is 0 Å². The second-order valence-electron chi connectivity index (χ2n) is 2.67. The summed E-state index contributed by atoms with van der Waals surface area (Å²) in [5, 5.41) is 0.269. The fourth-order valence-electron chi connectivity index (χ4n) is 1.33. The maximum atomic E-state index is 10.7. The highest BCUT2D eigenvalue weighted by Crippen LogP contribution is 2.18. The molecule has 0 fully saturated rings. The molecule has 0 N–H and O–H groups in total. The van der Waals surface area contributed by atoms with Gasteiger partial charge in [-0.15, -0.1) is 0 Å². The van der Waals surface area contributed by atoms with E-state index >= 15 is 0 Å². The smallest absolute Gasteiger partial charge is 0.185 e. The molecule has 0 aliphatic carbocycles. The van der Waals surface area contributed by atoms with Crippen LogP contribution in [-0.4, -0.2) is 25.8 Å². The Morgan fingerprint density at radius 1 is 1.57 bits per heavy atom. The van der Waals surface area contributed by atoms with Crippen LogP contribution in [0.15, 0.2) is 6.33 Å². The van der Waals surface area contributed by atoms with Crippen molar-refractivity contribution in [2.45, 2.75) is 13.5 Å². The molecular weight excluding hydrogens is 204 g/mol. The van der Waals surface area contributed by atoms with Crippen LogP contribution in [0, 0.1) is 0 Å². The second-order valence-corrected chi connectivity index (χ2v) is 3.03. The van der Waals surface area contributed by atoms with Crippen molar-refractivity contribution >= 4 is 29.1 Å². The maximum absolute atomic E-state index is 10.7. The Kier molecular flexibility index (Phi) is 2.17. The van der Waals surface area contributed by atoms with Gasteiger partial charge in [0.25, 0.3) is 0 Å². The lowest BCUT2D eigenvalue weighted by atomic mass is 10.5. The van der Waals surface area contributed by atoms with E-state index in [1.54, 1.807) is 4.57 Å². The second kappa shape index (κ2) is 3.34. The number of hydrogen-bond acceptors (Lipinski definition) is 4. The maximum Gasteiger partial charge on any atom is 0.185 e. The van der Waals surface area contributed by atoms with E-state index in [1.165, 1.54) is 6.33 Å². The summed E-state index contributed by atoms with van der Waals surface area (Å²) in [5.74, 6) is 0.324. The number of halogens is 1. The zero-order valence-electron chi connectivity index (χ0n) is 7.44. The monoisotopic (exact) mass is 210 g/mol. The molecule has 0 aliphatic rings. The summed E-state index contributed by atoms with van der Waals surface area (Å²) in [5.41, 5.74) is 1.06. The van der Waals surface area contributed by atoms with Gasteiger partial charge in [-0.05, 0) is 6.92 Å². The van der Waals surface area contributed by atoms with E-state index < -0.39 is 0 Å². The van der Waals surface area contributed by atoms with Gasteiger partial charge in [-0.2, -0.15) is 0 Å². The zero-order chi connectivity index (χ0) is 10.1. The van der Waals surface area contributed by atoms with E-state index in [-0.39, 0.29) is 5.15 Å². The van der Waals surface area contributed by atoms with Crippen LogP contribution < -0.4 is 0 Å². The number of aldehydes is 1. The lowest BCUT2D eigenvalue weighted by Gasteiger charge is -1.98. The number of nitrogens with zero attached hydrogens (tertiary/aromatic N) is 4. The van der Waals surface area contributed by atoms with Crippen molar-refractivity contribution in [3.63, 3.8) is 0 Å². The first-order valence-electron chi connectivity index (χ1n) is 4.09. The molecule has 0 bridgehead atoms. The highest BCUT2D eigenvalue weighted by atomic mass is 35.5. The van der Waals surface area contributed by atoms with Crippen molar-refractivity contribution in [1.29, 1.82) is 0 Å². The molecule has 0 aromatic carbocycles. The molecule has 0 aliphatic heterocycles. The predicted octanol–water partition coefficient (Wildman–Crippen LogP) is 1.31. The van der Waals surface area contributed by atoms with Gasteiger partial charge < -0.3 is 4.57 Å². The standard InChI is InChI=1S/C8H7ClN4O/c1-2-13-5(3-14)12-6-7(9)10-4-11-8(6)13/h3-4H,2H2,1H3. The molecule has 0 amide bonds. The highest BCUT2D eigenvalue weighted by Gasteiger charge is 2.12. The average Bonchev–Trinajstić information content (AvgIpc) is 2.57. The Morgan fingerprint density at radius 2 is 2.36 bits per heavy atom. The minimum atomic E-state index is 0.269. The summed E-state index contributed by atoms with van der Waals surface area (Å²) in [7, 11) is 0. The number of imidazole rings is 1. The first-order valence-corrected chi connectivity index (χ1v) is 4.47. The summed E-state index contributed by atoms with van der Waals surface area (Å²) >= 11 is 5.81. The van der Waals surface area contributed by atoms with Gasteiger partial charge in [-0.1, -0.05) is 11.6 Å². The molecule has 2 heterocycles. The molecule has 2 rings (SSSR count). The Bertz CT molecular complexity index is 493. The molecule has 14 heavy (non-hydrogen) atoms. The van der Waals surface area contributed by atoms with Crippen molar-refractivity contribution in [3.05, 3.63) is 17.3 Å². The van der Waals surface area contributed by atoms with Crippen molar-refractivity contribution in [3.8, 4) is 0 Å². The molecule has 0 atom stereocenters. The molecule has 0 saturated carbocycles. The quantitative estimate of drug-likeness (QED) is 0.554. The van der Waals surface area contributed by atoms with Gasteiger partial charge in [-0.25, -0.2) is 15.0 Å². The Hall–Kier alpha value is -1.49. The van der Waals surface area contributed by atoms with Gasteiger partial charge in [-0.3, -0.25) is 4.79 Å². The summed E-state index contributed by atoms with van der Waals surface area (Å²) in [6, 6.07) is 0. The van der Waals surface area contributed by atoms with Crippen LogP contribution in [0.25, 0.3) is 11.2 Å². The summed E-state index contributed by atoms with van der Waals surface area (Å²) < 4.78 is 1.69. The normalized spacial score (nSPS) is 10.7. The average molecular weight is 211 g/mol. The summed E-state index contributed by atoms with van der Waals surface area (Å²) in [6.07, 6.45) is 2.04. The van der Waals surface area contributed by atoms with Gasteiger partial charge >= 0.3 is 0 Å². The lowest BCUT2D eigenvalue weighted by molar-refractivity contribution is 0.111. The van der Waals surface area contributed by atoms with Crippen LogP contribution in [0.5, 0.6) is 0 Å². The SMILES string of the molecule is CCn1c(C=O)nc2c(Cl)ncnc21. The zero-order valence-corrected chi connectivity index (χ0v) is 8.19. The van der Waals surface area contributed by atoms with Crippen LogP contribution in [0.4, 0.5) is 0 Å². The Morgan fingerprint density at radius 3 is 3.00 bits per heavy atom. The van der Waals surface area contributed by atoms with Gasteiger partial charge in [0.15, 0.2) is 22.9 Å². The molecule has 2 aromatic heterocycles. The van der Waals surface area contributed by atoms with Gasteiger partial charge in [0.05, 0.1) is 0 Å². The number of carbonyl (C=O) groups is 1. The molecular formula is C8H7ClN4O. The first kappa shape index (κ1) is 9.08. The van der Waals surface area contributed by atoms with E-state index in [9.17, 15) is 4.79 Å². The van der Waals surface area contributed by atoms with E-state index in [0.717, 1.165) is 0 Å². The van der Waals surface area contributed by atoms with Gasteiger partial charge in [0.1, 0.15) is 11.8 Å². The lowest BCUT2D eigenvalue weighted by Crippen LogP contribution is -2.00. The third-order valence-corrected chi connectivity index (χ3v) is 2.22. The minimum Gasteiger partial charge on any atom is -0.307 e. The summed E-state index contributed by atoms with van der Waals surface area (Å²) in [6.45, 7) is 2.53. The van der Waals surface area contributed by atoms with E-state index in [0.29, 0.717) is 29.8 Å². The third kappa shape index (κ3) is 1.17. The molecule has 0 saturated heterocycles. The van der Waals surface area contributed by atoms with Gasteiger partial charge in [0, 0.05) is 6.54 Å². The van der Waals surface area contributed by atoms with Crippen LogP contribution in [0.2, 0.25) is 5.15 Å². The van der Waals surface area contributed by atoms with Crippen LogP contribution in [0.1, 0.15) is 17.5 Å². The number of hydrogen-bond donors (Lipinski definition) is 0. The molecule has 72 valence electrons. The topological polar surface area (TPSA) is 60.7 Å². The fraction of sp³-hybridized carbons (Fsp3) is 0.250. The third-order valence-electron chi connectivity index (χ3n) is 1.94. The highest BCUT2D eigenvalue weighted by molar-refractivity contribution is 6.33. The fourth-order valence-corrected chi connectivity index (χ4v) is 1.50. The molecule has 0 unspecified atom stereocenters. The van der Waals surface area contributed by atoms with E-state index in [2.05, 4.69) is 15.0 Å². The van der Waals surface area contributed by atoms with Crippen LogP contribution in [0.3, 0.4) is 0 Å². The van der Waals surface area contributed by atoms with Crippen molar-refractivity contribution < 1.29 is 4.79 Å². The molecule has 2 aromatic rings. The van der Waals surface area contributed by atoms with E-state index in [1.807, 2.05) is 6.92 Å². The van der Waals surface area contributed by atoms with Crippen LogP contribution >= 0.6 is 11.6 Å². The van der Waals surface area contributed by atoms with Crippen LogP contribution in [-0.2, 0) is 6.54 Å². The van der Waals surface area contributed by atoms with Gasteiger partial charge in [0.2, 0.25) is 0 Å². The molecule has 0 radical (unpaired) electrons. The molecule has 5 nitrogen and oxygen atoms in total. The Balaban J connectivity index is 2.86. The molecule has 0 spiro atoms. The number of fused-ring (bicyclic) bond motifs is 1. The Labute approximate surface area is 84.8 Å². The number of aromatic nitrogens is 4. The predicted molar refractivity (Wildman–Crippen MR) is 51.4 cm³/mol. The number of aryl methyl sites for hydroxylation is 1. The largest absolute Gasteiger partial charge is 0.307 e.